The van der Waals surface area contributed by atoms with E-state index in [2.05, 4.69) is 15.0 Å². The Kier molecular flexibility index (Phi) is 5.01. The van der Waals surface area contributed by atoms with Crippen molar-refractivity contribution in [3.05, 3.63) is 65.1 Å². The van der Waals surface area contributed by atoms with Gasteiger partial charge in [0.25, 0.3) is 5.91 Å². The Labute approximate surface area is 145 Å². The topological polar surface area (TPSA) is 60.1 Å². The maximum absolute atomic E-state index is 12.5. The number of amides is 1. The first-order valence-electron chi connectivity index (χ1n) is 7.77. The third kappa shape index (κ3) is 3.51. The summed E-state index contributed by atoms with van der Waals surface area (Å²) in [6.07, 6.45) is 4.84. The molecule has 1 amide bonds. The van der Waals surface area contributed by atoms with Crippen molar-refractivity contribution in [1.29, 1.82) is 0 Å². The van der Waals surface area contributed by atoms with Crippen LogP contribution in [0.5, 0.6) is 0 Å². The number of rotatable bonds is 6. The van der Waals surface area contributed by atoms with Crippen LogP contribution in [-0.4, -0.2) is 22.2 Å². The van der Waals surface area contributed by atoms with Crippen LogP contribution in [0.25, 0.3) is 11.3 Å². The highest BCUT2D eigenvalue weighted by atomic mass is 35.5. The van der Waals surface area contributed by atoms with Crippen molar-refractivity contribution in [1.82, 2.24) is 15.0 Å². The predicted molar refractivity (Wildman–Crippen MR) is 93.1 cm³/mol. The molecule has 0 radical (unpaired) electrons. The van der Waals surface area contributed by atoms with E-state index in [-0.39, 0.29) is 5.91 Å². The van der Waals surface area contributed by atoms with Crippen molar-refractivity contribution in [2.45, 2.75) is 19.9 Å². The number of carbonyl (C=O) groups is 1. The lowest BCUT2D eigenvalue weighted by Gasteiger charge is -2.07. The number of nitrogens with one attached hydrogen (secondary N) is 1. The molecule has 0 fully saturated rings. The fraction of sp³-hybridized carbons (Fsp3) is 0.222. The lowest BCUT2D eigenvalue weighted by Crippen LogP contribution is -2.26. The van der Waals surface area contributed by atoms with Crippen LogP contribution >= 0.6 is 11.6 Å². The number of hydrogen-bond donors (Lipinski definition) is 1. The summed E-state index contributed by atoms with van der Waals surface area (Å²) in [4.78, 5) is 12.5. The number of nitrogens with zero attached hydrogens (tertiary/aromatic N) is 2. The van der Waals surface area contributed by atoms with Gasteiger partial charge in [0.1, 0.15) is 17.0 Å². The Morgan fingerprint density at radius 3 is 2.75 bits per heavy atom. The highest BCUT2D eigenvalue weighted by molar-refractivity contribution is 6.33. The molecule has 0 aliphatic carbocycles. The van der Waals surface area contributed by atoms with E-state index in [4.69, 9.17) is 16.1 Å². The van der Waals surface area contributed by atoms with Gasteiger partial charge in [-0.25, -0.2) is 0 Å². The Balaban J connectivity index is 1.69. The van der Waals surface area contributed by atoms with Gasteiger partial charge in [0.05, 0.1) is 5.02 Å². The van der Waals surface area contributed by atoms with Crippen molar-refractivity contribution in [3.63, 3.8) is 0 Å². The summed E-state index contributed by atoms with van der Waals surface area (Å²) in [6, 6.07) is 11.2. The van der Waals surface area contributed by atoms with Crippen LogP contribution in [0.1, 0.15) is 22.5 Å². The second-order valence-corrected chi connectivity index (χ2v) is 5.88. The standard InChI is InChI=1S/C18H18ClN3O2/c1-13-16(17(21-24-13)14-7-2-3-8-15(14)19)18(23)20-9-6-12-22-10-4-5-11-22/h2-5,7-8,10-11H,6,9,12H2,1H3,(H,20,23). The summed E-state index contributed by atoms with van der Waals surface area (Å²) < 4.78 is 7.29. The number of hydrogen-bond acceptors (Lipinski definition) is 3. The summed E-state index contributed by atoms with van der Waals surface area (Å²) in [5, 5.41) is 7.47. The Hall–Kier alpha value is -2.53. The second-order valence-electron chi connectivity index (χ2n) is 5.47. The first-order valence-corrected chi connectivity index (χ1v) is 8.14. The van der Waals surface area contributed by atoms with Crippen LogP contribution in [-0.2, 0) is 6.54 Å². The molecule has 0 aliphatic rings. The van der Waals surface area contributed by atoms with Crippen molar-refractivity contribution in [3.8, 4) is 11.3 Å². The van der Waals surface area contributed by atoms with Crippen LogP contribution in [0.2, 0.25) is 5.02 Å². The quantitative estimate of drug-likeness (QED) is 0.690. The van der Waals surface area contributed by atoms with Crippen LogP contribution in [0, 0.1) is 6.92 Å². The Bertz CT molecular complexity index is 825. The van der Waals surface area contributed by atoms with E-state index in [9.17, 15) is 4.79 Å². The Morgan fingerprint density at radius 2 is 2.00 bits per heavy atom. The van der Waals surface area contributed by atoms with Crippen molar-refractivity contribution in [2.24, 2.45) is 0 Å². The molecule has 0 aliphatic heterocycles. The molecular weight excluding hydrogens is 326 g/mol. The van der Waals surface area contributed by atoms with Gasteiger partial charge in [-0.2, -0.15) is 0 Å². The molecule has 1 N–H and O–H groups in total. The van der Waals surface area contributed by atoms with Gasteiger partial charge in [-0.1, -0.05) is 35.0 Å². The van der Waals surface area contributed by atoms with E-state index in [1.807, 2.05) is 42.7 Å². The average molecular weight is 344 g/mol. The number of aromatic nitrogens is 2. The molecule has 124 valence electrons. The van der Waals surface area contributed by atoms with E-state index in [1.165, 1.54) is 0 Å². The minimum atomic E-state index is -0.198. The van der Waals surface area contributed by atoms with Gasteiger partial charge in [0, 0.05) is 31.0 Å². The lowest BCUT2D eigenvalue weighted by atomic mass is 10.1. The van der Waals surface area contributed by atoms with Crippen LogP contribution in [0.15, 0.2) is 53.3 Å². The normalized spacial score (nSPS) is 10.8. The van der Waals surface area contributed by atoms with Gasteiger partial charge in [-0.3, -0.25) is 4.79 Å². The zero-order valence-corrected chi connectivity index (χ0v) is 14.1. The summed E-state index contributed by atoms with van der Waals surface area (Å²) in [7, 11) is 0. The number of carbonyl (C=O) groups excluding carboxylic acids is 1. The average Bonchev–Trinajstić information content (AvgIpc) is 3.21. The minimum Gasteiger partial charge on any atom is -0.360 e. The van der Waals surface area contributed by atoms with E-state index in [0.717, 1.165) is 13.0 Å². The van der Waals surface area contributed by atoms with E-state index < -0.39 is 0 Å². The molecule has 2 heterocycles. The maximum Gasteiger partial charge on any atom is 0.257 e. The molecule has 3 aromatic rings. The molecule has 1 aromatic carbocycles. The van der Waals surface area contributed by atoms with E-state index >= 15 is 0 Å². The molecular formula is C18H18ClN3O2. The van der Waals surface area contributed by atoms with Crippen molar-refractivity contribution in [2.75, 3.05) is 6.54 Å². The van der Waals surface area contributed by atoms with Crippen molar-refractivity contribution >= 4 is 17.5 Å². The van der Waals surface area contributed by atoms with E-state index in [1.54, 1.807) is 13.0 Å². The van der Waals surface area contributed by atoms with Gasteiger partial charge in [-0.05, 0) is 31.5 Å². The predicted octanol–water partition coefficient (Wildman–Crippen LogP) is 3.93. The highest BCUT2D eigenvalue weighted by Gasteiger charge is 2.22. The highest BCUT2D eigenvalue weighted by Crippen LogP contribution is 2.30. The molecule has 3 rings (SSSR count). The summed E-state index contributed by atoms with van der Waals surface area (Å²) in [5.74, 6) is 0.281. The monoisotopic (exact) mass is 343 g/mol. The zero-order chi connectivity index (χ0) is 16.9. The fourth-order valence-electron chi connectivity index (χ4n) is 2.55. The SMILES string of the molecule is Cc1onc(-c2ccccc2Cl)c1C(=O)NCCCn1cccc1. The third-order valence-corrected chi connectivity index (χ3v) is 4.09. The van der Waals surface area contributed by atoms with Gasteiger partial charge in [0.15, 0.2) is 0 Å². The maximum atomic E-state index is 12.5. The molecule has 0 unspecified atom stereocenters. The number of halogens is 1. The van der Waals surface area contributed by atoms with Crippen LogP contribution < -0.4 is 5.32 Å². The molecule has 0 spiro atoms. The number of aryl methyl sites for hydroxylation is 2. The van der Waals surface area contributed by atoms with Gasteiger partial charge in [0.2, 0.25) is 0 Å². The smallest absolute Gasteiger partial charge is 0.257 e. The molecule has 24 heavy (non-hydrogen) atoms. The minimum absolute atomic E-state index is 0.198. The van der Waals surface area contributed by atoms with Crippen LogP contribution in [0.3, 0.4) is 0 Å². The molecule has 0 bridgehead atoms. The molecule has 0 saturated carbocycles. The van der Waals surface area contributed by atoms with Gasteiger partial charge < -0.3 is 14.4 Å². The molecule has 5 nitrogen and oxygen atoms in total. The third-order valence-electron chi connectivity index (χ3n) is 3.76. The Morgan fingerprint density at radius 1 is 1.25 bits per heavy atom. The summed E-state index contributed by atoms with van der Waals surface area (Å²) >= 11 is 6.21. The van der Waals surface area contributed by atoms with Gasteiger partial charge >= 0.3 is 0 Å². The molecule has 2 aromatic heterocycles. The molecule has 6 heteroatoms. The zero-order valence-electron chi connectivity index (χ0n) is 13.3. The first kappa shape index (κ1) is 16.3. The van der Waals surface area contributed by atoms with Crippen molar-refractivity contribution < 1.29 is 9.32 Å². The second kappa shape index (κ2) is 7.36. The largest absolute Gasteiger partial charge is 0.360 e. The van der Waals surface area contributed by atoms with Crippen LogP contribution in [0.4, 0.5) is 0 Å². The summed E-state index contributed by atoms with van der Waals surface area (Å²) in [6.45, 7) is 3.15. The fourth-order valence-corrected chi connectivity index (χ4v) is 2.77. The summed E-state index contributed by atoms with van der Waals surface area (Å²) in [5.41, 5.74) is 1.60. The van der Waals surface area contributed by atoms with Gasteiger partial charge in [-0.15, -0.1) is 0 Å². The molecule has 0 saturated heterocycles. The first-order chi connectivity index (χ1) is 11.7. The molecule has 0 atom stereocenters. The number of benzene rings is 1. The lowest BCUT2D eigenvalue weighted by molar-refractivity contribution is 0.0952. The van der Waals surface area contributed by atoms with E-state index in [0.29, 0.717) is 34.1 Å².